The van der Waals surface area contributed by atoms with Crippen LogP contribution in [0.1, 0.15) is 32.1 Å². The van der Waals surface area contributed by atoms with Crippen molar-refractivity contribution >= 4 is 29.8 Å². The topological polar surface area (TPSA) is 92.5 Å². The van der Waals surface area contributed by atoms with E-state index < -0.39 is 0 Å². The van der Waals surface area contributed by atoms with E-state index >= 15 is 0 Å². The fourth-order valence-corrected chi connectivity index (χ4v) is 3.47. The van der Waals surface area contributed by atoms with Gasteiger partial charge in [-0.1, -0.05) is 0 Å². The van der Waals surface area contributed by atoms with E-state index in [2.05, 4.69) is 15.6 Å². The van der Waals surface area contributed by atoms with Crippen LogP contribution in [0.4, 0.5) is 11.5 Å². The molecule has 0 aliphatic carbocycles. The van der Waals surface area contributed by atoms with Crippen molar-refractivity contribution in [1.29, 1.82) is 0 Å². The molecule has 0 aromatic carbocycles. The number of rotatable bonds is 6. The summed E-state index contributed by atoms with van der Waals surface area (Å²) >= 11 is 0. The third-order valence-corrected chi connectivity index (χ3v) is 4.91. The third-order valence-electron chi connectivity index (χ3n) is 4.91. The maximum Gasteiger partial charge on any atom is 0.236 e. The molecule has 1 aromatic rings. The molecule has 2 aliphatic heterocycles. The zero-order chi connectivity index (χ0) is 17.5. The number of nitrogens with one attached hydrogen (secondary N) is 2. The lowest BCUT2D eigenvalue weighted by molar-refractivity contribution is -0.130. The number of halogens is 1. The normalized spacial score (nSPS) is 23.2. The molecule has 3 heterocycles. The van der Waals surface area contributed by atoms with Gasteiger partial charge in [0.1, 0.15) is 5.82 Å². The van der Waals surface area contributed by atoms with Crippen molar-refractivity contribution in [3.8, 4) is 0 Å². The largest absolute Gasteiger partial charge is 0.384 e. The Balaban J connectivity index is 0.00000243. The number of hydrogen-bond donors (Lipinski definition) is 3. The minimum atomic E-state index is 0. The van der Waals surface area contributed by atoms with Crippen molar-refractivity contribution in [2.75, 3.05) is 43.8 Å². The summed E-state index contributed by atoms with van der Waals surface area (Å²) in [6.07, 6.45) is 7.27. The zero-order valence-electron chi connectivity index (χ0n) is 15.2. The second kappa shape index (κ2) is 10.5. The molecular weight excluding hydrogens is 354 g/mol. The van der Waals surface area contributed by atoms with Gasteiger partial charge < -0.3 is 26.0 Å². The van der Waals surface area contributed by atoms with Gasteiger partial charge in [-0.15, -0.1) is 12.4 Å². The fourth-order valence-electron chi connectivity index (χ4n) is 3.47. The molecule has 2 fully saturated rings. The molecule has 0 radical (unpaired) electrons. The lowest BCUT2D eigenvalue weighted by Crippen LogP contribution is -2.41. The van der Waals surface area contributed by atoms with Crippen LogP contribution in [0, 0.1) is 0 Å². The molecule has 0 bridgehead atoms. The van der Waals surface area contributed by atoms with E-state index in [4.69, 9.17) is 10.5 Å². The number of nitrogens with zero attached hydrogens (tertiary/aromatic N) is 2. The van der Waals surface area contributed by atoms with Gasteiger partial charge in [-0.3, -0.25) is 4.79 Å². The van der Waals surface area contributed by atoms with Gasteiger partial charge in [0, 0.05) is 32.3 Å². The maximum atomic E-state index is 12.4. The molecule has 4 N–H and O–H groups in total. The van der Waals surface area contributed by atoms with Gasteiger partial charge in [0.2, 0.25) is 5.91 Å². The standard InChI is InChI=1S/C18H29N5O2.ClH/c19-17-6-5-15(11-21-17)22-14-3-1-8-23(9-7-14)18(24)13-20-12-16-4-2-10-25-16;/h5-6,11,14,16,20,22H,1-4,7-10,12-13H2,(H2,19,21);1H. The quantitative estimate of drug-likeness (QED) is 0.691. The Morgan fingerprint density at radius 3 is 2.88 bits per heavy atom. The van der Waals surface area contributed by atoms with Crippen LogP contribution in [0.3, 0.4) is 0 Å². The van der Waals surface area contributed by atoms with E-state index in [0.717, 1.165) is 64.0 Å². The van der Waals surface area contributed by atoms with Crippen LogP contribution in [0.25, 0.3) is 0 Å². The van der Waals surface area contributed by atoms with E-state index in [1.807, 2.05) is 11.0 Å². The number of likely N-dealkylation sites (tertiary alicyclic amines) is 1. The van der Waals surface area contributed by atoms with Gasteiger partial charge in [-0.2, -0.15) is 0 Å². The SMILES string of the molecule is Cl.Nc1ccc(NC2CCCN(C(=O)CNCC3CCCO3)CC2)cn1. The molecule has 0 saturated carbocycles. The maximum absolute atomic E-state index is 12.4. The second-order valence-electron chi connectivity index (χ2n) is 6.89. The minimum Gasteiger partial charge on any atom is -0.384 e. The van der Waals surface area contributed by atoms with Gasteiger partial charge >= 0.3 is 0 Å². The van der Waals surface area contributed by atoms with E-state index in [-0.39, 0.29) is 24.4 Å². The summed E-state index contributed by atoms with van der Waals surface area (Å²) in [6.45, 7) is 3.65. The molecule has 26 heavy (non-hydrogen) atoms. The van der Waals surface area contributed by atoms with Crippen LogP contribution in [0.15, 0.2) is 18.3 Å². The molecule has 3 rings (SSSR count). The lowest BCUT2D eigenvalue weighted by Gasteiger charge is -2.22. The number of anilines is 2. The molecule has 1 amide bonds. The molecule has 7 nitrogen and oxygen atoms in total. The molecular formula is C18H30ClN5O2. The lowest BCUT2D eigenvalue weighted by atomic mass is 10.1. The van der Waals surface area contributed by atoms with Gasteiger partial charge in [0.25, 0.3) is 0 Å². The number of nitrogen functional groups attached to an aromatic ring is 1. The average Bonchev–Trinajstić information content (AvgIpc) is 3.02. The van der Waals surface area contributed by atoms with E-state index in [1.54, 1.807) is 12.3 Å². The van der Waals surface area contributed by atoms with Crippen LogP contribution in [-0.2, 0) is 9.53 Å². The molecule has 1 aromatic heterocycles. The predicted molar refractivity (Wildman–Crippen MR) is 106 cm³/mol. The summed E-state index contributed by atoms with van der Waals surface area (Å²) < 4.78 is 5.57. The summed E-state index contributed by atoms with van der Waals surface area (Å²) in [5, 5.41) is 6.75. The van der Waals surface area contributed by atoms with Crippen LogP contribution < -0.4 is 16.4 Å². The number of aromatic nitrogens is 1. The first-order chi connectivity index (χ1) is 12.2. The molecule has 2 unspecified atom stereocenters. The highest BCUT2D eigenvalue weighted by molar-refractivity contribution is 5.85. The Hall–Kier alpha value is -1.57. The van der Waals surface area contributed by atoms with Gasteiger partial charge in [-0.05, 0) is 44.2 Å². The molecule has 2 atom stereocenters. The molecule has 2 aliphatic rings. The van der Waals surface area contributed by atoms with E-state index in [9.17, 15) is 4.79 Å². The summed E-state index contributed by atoms with van der Waals surface area (Å²) in [5.41, 5.74) is 6.60. The van der Waals surface area contributed by atoms with Crippen LogP contribution in [0.2, 0.25) is 0 Å². The van der Waals surface area contributed by atoms with Crippen molar-refractivity contribution in [2.45, 2.75) is 44.2 Å². The van der Waals surface area contributed by atoms with E-state index in [1.165, 1.54) is 0 Å². The van der Waals surface area contributed by atoms with Crippen molar-refractivity contribution in [1.82, 2.24) is 15.2 Å². The first-order valence-corrected chi connectivity index (χ1v) is 9.29. The summed E-state index contributed by atoms with van der Waals surface area (Å²) in [5.74, 6) is 0.714. The number of pyridine rings is 1. The zero-order valence-corrected chi connectivity index (χ0v) is 16.0. The summed E-state index contributed by atoms with van der Waals surface area (Å²) in [4.78, 5) is 18.5. The Bertz CT molecular complexity index is 551. The number of carbonyl (C=O) groups excluding carboxylic acids is 1. The Morgan fingerprint density at radius 1 is 1.27 bits per heavy atom. The Labute approximate surface area is 161 Å². The predicted octanol–water partition coefficient (Wildman–Crippen LogP) is 1.65. The monoisotopic (exact) mass is 383 g/mol. The second-order valence-corrected chi connectivity index (χ2v) is 6.89. The Morgan fingerprint density at radius 2 is 2.15 bits per heavy atom. The number of amides is 1. The average molecular weight is 384 g/mol. The van der Waals surface area contributed by atoms with Gasteiger partial charge in [-0.25, -0.2) is 4.98 Å². The Kier molecular flexibility index (Phi) is 8.41. The number of ether oxygens (including phenoxy) is 1. The molecule has 0 spiro atoms. The number of hydrogen-bond acceptors (Lipinski definition) is 6. The first kappa shape index (κ1) is 20.7. The van der Waals surface area contributed by atoms with Gasteiger partial charge in [0.05, 0.1) is 24.5 Å². The van der Waals surface area contributed by atoms with Gasteiger partial charge in [0.15, 0.2) is 0 Å². The van der Waals surface area contributed by atoms with Crippen molar-refractivity contribution in [3.05, 3.63) is 18.3 Å². The van der Waals surface area contributed by atoms with Crippen LogP contribution >= 0.6 is 12.4 Å². The van der Waals surface area contributed by atoms with E-state index in [0.29, 0.717) is 18.4 Å². The molecule has 8 heteroatoms. The molecule has 146 valence electrons. The van der Waals surface area contributed by atoms with Crippen molar-refractivity contribution < 1.29 is 9.53 Å². The van der Waals surface area contributed by atoms with Crippen LogP contribution in [0.5, 0.6) is 0 Å². The van der Waals surface area contributed by atoms with Crippen LogP contribution in [-0.4, -0.2) is 60.7 Å². The minimum absolute atomic E-state index is 0. The number of carbonyl (C=O) groups is 1. The van der Waals surface area contributed by atoms with Crippen molar-refractivity contribution in [3.63, 3.8) is 0 Å². The highest BCUT2D eigenvalue weighted by Gasteiger charge is 2.21. The molecule has 2 saturated heterocycles. The third kappa shape index (κ3) is 6.30. The van der Waals surface area contributed by atoms with Crippen molar-refractivity contribution in [2.24, 2.45) is 0 Å². The summed E-state index contributed by atoms with van der Waals surface area (Å²) in [7, 11) is 0. The summed E-state index contributed by atoms with van der Waals surface area (Å²) in [6, 6.07) is 4.11. The fraction of sp³-hybridized carbons (Fsp3) is 0.667. The highest BCUT2D eigenvalue weighted by Crippen LogP contribution is 2.17. The number of nitrogens with two attached hydrogens (primary N) is 1. The highest BCUT2D eigenvalue weighted by atomic mass is 35.5. The smallest absolute Gasteiger partial charge is 0.236 e. The first-order valence-electron chi connectivity index (χ1n) is 9.29.